The zero-order valence-corrected chi connectivity index (χ0v) is 11.3. The number of hydrogen-bond donors (Lipinski definition) is 1. The number of ether oxygens (including phenoxy) is 3. The molecule has 0 spiro atoms. The van der Waals surface area contributed by atoms with Gasteiger partial charge in [0.05, 0.1) is 26.4 Å². The molecule has 0 amide bonds. The van der Waals surface area contributed by atoms with Gasteiger partial charge < -0.3 is 14.2 Å². The van der Waals surface area contributed by atoms with Crippen molar-refractivity contribution in [2.45, 2.75) is 38.4 Å². The Morgan fingerprint density at radius 2 is 1.84 bits per heavy atom. The summed E-state index contributed by atoms with van der Waals surface area (Å²) in [6, 6.07) is 0. The highest BCUT2D eigenvalue weighted by Gasteiger charge is 2.26. The molecule has 2 atom stereocenters. The van der Waals surface area contributed by atoms with E-state index < -0.39 is 5.97 Å². The zero-order chi connectivity index (χ0) is 14.1. The van der Waals surface area contributed by atoms with Gasteiger partial charge in [0, 0.05) is 5.57 Å². The molecule has 2 rings (SSSR count). The summed E-state index contributed by atoms with van der Waals surface area (Å²) in [6.45, 7) is 8.70. The second-order valence-corrected chi connectivity index (χ2v) is 4.53. The van der Waals surface area contributed by atoms with Gasteiger partial charge in [0.25, 0.3) is 0 Å². The maximum atomic E-state index is 10.4. The Labute approximate surface area is 113 Å². The van der Waals surface area contributed by atoms with Gasteiger partial charge in [-0.2, -0.15) is 5.26 Å². The number of carbonyl (C=O) groups is 1. The van der Waals surface area contributed by atoms with Crippen molar-refractivity contribution in [2.75, 3.05) is 26.4 Å². The highest BCUT2D eigenvalue weighted by atomic mass is 17.1. The fourth-order valence-electron chi connectivity index (χ4n) is 1.22. The lowest BCUT2D eigenvalue weighted by molar-refractivity contribution is -0.229. The summed E-state index contributed by atoms with van der Waals surface area (Å²) in [5.74, 6) is -0.728. The Kier molecular flexibility index (Phi) is 7.66. The lowest BCUT2D eigenvalue weighted by atomic mass is 10.1. The smallest absolute Gasteiger partial charge is 0.368 e. The second kappa shape index (κ2) is 9.03. The highest BCUT2D eigenvalue weighted by Crippen LogP contribution is 2.12. The first-order chi connectivity index (χ1) is 9.17. The summed E-state index contributed by atoms with van der Waals surface area (Å²) in [5, 5.41) is 7.89. The van der Waals surface area contributed by atoms with Crippen LogP contribution in [0.4, 0.5) is 0 Å². The molecule has 0 radical (unpaired) electrons. The first kappa shape index (κ1) is 16.1. The van der Waals surface area contributed by atoms with E-state index in [1.54, 1.807) is 0 Å². The van der Waals surface area contributed by atoms with Crippen LogP contribution in [0, 0.1) is 0 Å². The lowest BCUT2D eigenvalue weighted by Gasteiger charge is -1.98. The quantitative estimate of drug-likeness (QED) is 0.313. The van der Waals surface area contributed by atoms with Gasteiger partial charge in [-0.15, -0.1) is 0 Å². The predicted octanol–water partition coefficient (Wildman–Crippen LogP) is 1.55. The first-order valence-corrected chi connectivity index (χ1v) is 6.51. The van der Waals surface area contributed by atoms with Crippen molar-refractivity contribution >= 4 is 5.97 Å². The van der Waals surface area contributed by atoms with Crippen LogP contribution in [0.15, 0.2) is 12.2 Å². The van der Waals surface area contributed by atoms with Gasteiger partial charge in [-0.1, -0.05) is 19.9 Å². The second-order valence-electron chi connectivity index (χ2n) is 4.53. The topological polar surface area (TPSA) is 80.8 Å². The summed E-state index contributed by atoms with van der Waals surface area (Å²) in [7, 11) is 0. The van der Waals surface area contributed by atoms with E-state index in [0.717, 1.165) is 39.3 Å². The summed E-state index contributed by atoms with van der Waals surface area (Å²) < 4.78 is 15.1. The predicted molar refractivity (Wildman–Crippen MR) is 67.7 cm³/mol. The van der Waals surface area contributed by atoms with Gasteiger partial charge in [0.1, 0.15) is 12.2 Å². The fourth-order valence-corrected chi connectivity index (χ4v) is 1.22. The molecule has 6 heteroatoms. The molecule has 0 aromatic rings. The molecule has 0 bridgehead atoms. The average molecular weight is 274 g/mol. The van der Waals surface area contributed by atoms with Crippen molar-refractivity contribution < 1.29 is 29.1 Å². The van der Waals surface area contributed by atoms with Crippen LogP contribution in [0.1, 0.15) is 26.2 Å². The number of rotatable bonds is 8. The van der Waals surface area contributed by atoms with Crippen LogP contribution in [0.3, 0.4) is 0 Å². The van der Waals surface area contributed by atoms with Crippen LogP contribution in [0.25, 0.3) is 0 Å². The molecule has 1 N–H and O–H groups in total. The number of unbranched alkanes of at least 4 members (excludes halogenated alkanes) is 1. The van der Waals surface area contributed by atoms with E-state index in [4.69, 9.17) is 19.5 Å². The lowest BCUT2D eigenvalue weighted by Crippen LogP contribution is -2.06. The Morgan fingerprint density at radius 1 is 1.32 bits per heavy atom. The van der Waals surface area contributed by atoms with Crippen LogP contribution in [0.5, 0.6) is 0 Å². The summed E-state index contributed by atoms with van der Waals surface area (Å²) >= 11 is 0. The highest BCUT2D eigenvalue weighted by molar-refractivity contribution is 5.87. The largest absolute Gasteiger partial charge is 0.376 e. The van der Waals surface area contributed by atoms with Crippen molar-refractivity contribution in [3.8, 4) is 0 Å². The van der Waals surface area contributed by atoms with E-state index in [1.165, 1.54) is 0 Å². The molecule has 2 unspecified atom stereocenters. The molecule has 2 aliphatic heterocycles. The molecule has 2 fully saturated rings. The van der Waals surface area contributed by atoms with Gasteiger partial charge in [-0.25, -0.2) is 4.79 Å². The molecule has 110 valence electrons. The fraction of sp³-hybridized carbons (Fsp3) is 0.769. The van der Waals surface area contributed by atoms with E-state index >= 15 is 0 Å². The van der Waals surface area contributed by atoms with E-state index in [0.29, 0.717) is 24.2 Å². The van der Waals surface area contributed by atoms with E-state index in [1.807, 2.05) is 6.92 Å². The van der Waals surface area contributed by atoms with Gasteiger partial charge >= 0.3 is 5.97 Å². The maximum Gasteiger partial charge on any atom is 0.368 e. The summed E-state index contributed by atoms with van der Waals surface area (Å²) in [6.07, 6.45) is 3.27. The molecule has 2 saturated heterocycles. The number of hydrogen-bond acceptors (Lipinski definition) is 6. The molecule has 6 nitrogen and oxygen atoms in total. The molecule has 2 aliphatic rings. The van der Waals surface area contributed by atoms with Crippen LogP contribution < -0.4 is 0 Å². The van der Waals surface area contributed by atoms with E-state index in [2.05, 4.69) is 11.5 Å². The molecule has 0 aromatic carbocycles. The minimum atomic E-state index is -0.728. The van der Waals surface area contributed by atoms with Crippen LogP contribution in [-0.2, 0) is 23.9 Å². The molecule has 19 heavy (non-hydrogen) atoms. The average Bonchev–Trinajstić information content (AvgIpc) is 3.29. The standard InChI is InChI=1S/C7H12O3.C6H10O3/c1-3-4-5-6(2)7(8)10-9;1(5-3-8-5)7-2-6-4-9-6/h9H,2-5H2,1H3;5-6H,1-4H2. The van der Waals surface area contributed by atoms with Gasteiger partial charge in [0.15, 0.2) is 0 Å². The normalized spacial score (nSPS) is 23.1. The third kappa shape index (κ3) is 8.72. The van der Waals surface area contributed by atoms with Crippen molar-refractivity contribution in [3.63, 3.8) is 0 Å². The molecular weight excluding hydrogens is 252 g/mol. The van der Waals surface area contributed by atoms with Crippen molar-refractivity contribution in [1.82, 2.24) is 0 Å². The zero-order valence-electron chi connectivity index (χ0n) is 11.3. The monoisotopic (exact) mass is 274 g/mol. The molecule has 0 aromatic heterocycles. The SMILES string of the molecule is C(OCC1CO1)C1CO1.C=C(CCCC)C(=O)OO. The minimum absolute atomic E-state index is 0.323. The van der Waals surface area contributed by atoms with Crippen LogP contribution in [-0.4, -0.2) is 49.9 Å². The molecule has 0 aliphatic carbocycles. The van der Waals surface area contributed by atoms with E-state index in [9.17, 15) is 4.79 Å². The Balaban J connectivity index is 0.000000190. The van der Waals surface area contributed by atoms with Gasteiger partial charge in [0.2, 0.25) is 0 Å². The number of carbonyl (C=O) groups excluding carboxylic acids is 1. The van der Waals surface area contributed by atoms with Crippen LogP contribution in [0.2, 0.25) is 0 Å². The minimum Gasteiger partial charge on any atom is -0.376 e. The third-order valence-corrected chi connectivity index (χ3v) is 2.62. The van der Waals surface area contributed by atoms with Crippen molar-refractivity contribution in [3.05, 3.63) is 12.2 Å². The van der Waals surface area contributed by atoms with Gasteiger partial charge in [-0.05, 0) is 12.8 Å². The van der Waals surface area contributed by atoms with E-state index in [-0.39, 0.29) is 0 Å². The van der Waals surface area contributed by atoms with Crippen LogP contribution >= 0.6 is 0 Å². The Morgan fingerprint density at radius 3 is 2.21 bits per heavy atom. The summed E-state index contributed by atoms with van der Waals surface area (Å²) in [5.41, 5.74) is 0.323. The Bertz CT molecular complexity index is 271. The molecular formula is C13H22O6. The third-order valence-electron chi connectivity index (χ3n) is 2.62. The summed E-state index contributed by atoms with van der Waals surface area (Å²) in [4.78, 5) is 13.9. The van der Waals surface area contributed by atoms with Crippen molar-refractivity contribution in [1.29, 1.82) is 0 Å². The first-order valence-electron chi connectivity index (χ1n) is 6.51. The number of epoxide rings is 2. The molecule has 2 heterocycles. The maximum absolute atomic E-state index is 10.4. The van der Waals surface area contributed by atoms with Crippen molar-refractivity contribution in [2.24, 2.45) is 0 Å². The van der Waals surface area contributed by atoms with Gasteiger partial charge in [-0.3, -0.25) is 4.89 Å². The molecule has 0 saturated carbocycles. The Hall–Kier alpha value is -0.950.